The first-order valence-electron chi connectivity index (χ1n) is 9.99. The number of ether oxygens (including phenoxy) is 3. The summed E-state index contributed by atoms with van der Waals surface area (Å²) >= 11 is 3.48. The van der Waals surface area contributed by atoms with Gasteiger partial charge in [0.2, 0.25) is 5.91 Å². The van der Waals surface area contributed by atoms with Crippen LogP contribution in [-0.2, 0) is 19.1 Å². The van der Waals surface area contributed by atoms with Crippen molar-refractivity contribution in [3.63, 3.8) is 0 Å². The molecule has 3 rings (SSSR count). The lowest BCUT2D eigenvalue weighted by Gasteiger charge is -2.20. The molecule has 0 aromatic heterocycles. The third-order valence-electron chi connectivity index (χ3n) is 5.20. The van der Waals surface area contributed by atoms with Gasteiger partial charge in [0.1, 0.15) is 11.5 Å². The second-order valence-electron chi connectivity index (χ2n) is 7.52. The Hall–Kier alpha value is -3.07. The van der Waals surface area contributed by atoms with Gasteiger partial charge < -0.3 is 24.4 Å². The number of anilines is 2. The molecule has 0 unspecified atom stereocenters. The Labute approximate surface area is 194 Å². The van der Waals surface area contributed by atoms with Crippen LogP contribution in [0, 0.1) is 19.8 Å². The molecule has 2 aromatic carbocycles. The summed E-state index contributed by atoms with van der Waals surface area (Å²) in [6.07, 6.45) is -0.00802. The predicted octanol–water partition coefficient (Wildman–Crippen LogP) is 3.62. The number of carbonyl (C=O) groups is 3. The molecular weight excluding hydrogens is 480 g/mol. The number of amides is 2. The maximum Gasteiger partial charge on any atom is 0.311 e. The molecule has 1 atom stereocenters. The van der Waals surface area contributed by atoms with Gasteiger partial charge in [-0.15, -0.1) is 0 Å². The average Bonchev–Trinajstić information content (AvgIpc) is 3.16. The Morgan fingerprint density at radius 1 is 1.12 bits per heavy atom. The first kappa shape index (κ1) is 23.6. The molecule has 1 N–H and O–H groups in total. The van der Waals surface area contributed by atoms with E-state index in [-0.39, 0.29) is 18.9 Å². The molecule has 1 saturated heterocycles. The molecule has 170 valence electrons. The van der Waals surface area contributed by atoms with Gasteiger partial charge in [-0.25, -0.2) is 0 Å². The standard InChI is InChI=1S/C23H25BrN2O6/c1-13-7-16(8-14(2)22(13)24)25-20(27)12-32-23(29)15-9-21(28)26(11-15)18-10-17(30-3)5-6-19(18)31-4/h5-8,10,15H,9,11-12H2,1-4H3,(H,25,27)/t15-/m1/s1. The van der Waals surface area contributed by atoms with Crippen molar-refractivity contribution in [1.82, 2.24) is 0 Å². The Morgan fingerprint density at radius 3 is 2.44 bits per heavy atom. The molecule has 1 heterocycles. The van der Waals surface area contributed by atoms with Gasteiger partial charge in [0.05, 0.1) is 25.8 Å². The molecule has 9 heteroatoms. The van der Waals surface area contributed by atoms with Crippen LogP contribution in [0.4, 0.5) is 11.4 Å². The number of esters is 1. The fourth-order valence-corrected chi connectivity index (χ4v) is 3.80. The number of methoxy groups -OCH3 is 2. The van der Waals surface area contributed by atoms with E-state index < -0.39 is 24.4 Å². The molecule has 0 saturated carbocycles. The summed E-state index contributed by atoms with van der Waals surface area (Å²) in [5, 5.41) is 2.72. The van der Waals surface area contributed by atoms with E-state index in [1.165, 1.54) is 19.1 Å². The first-order chi connectivity index (χ1) is 15.2. The van der Waals surface area contributed by atoms with Crippen LogP contribution < -0.4 is 19.7 Å². The van der Waals surface area contributed by atoms with Crippen LogP contribution in [0.3, 0.4) is 0 Å². The smallest absolute Gasteiger partial charge is 0.311 e. The number of halogens is 1. The van der Waals surface area contributed by atoms with Gasteiger partial charge in [-0.3, -0.25) is 14.4 Å². The zero-order valence-corrected chi connectivity index (χ0v) is 19.9. The molecule has 0 bridgehead atoms. The maximum atomic E-state index is 12.6. The van der Waals surface area contributed by atoms with Crippen molar-refractivity contribution in [2.24, 2.45) is 5.92 Å². The number of aryl methyl sites for hydroxylation is 2. The first-order valence-corrected chi connectivity index (χ1v) is 10.8. The number of nitrogens with zero attached hydrogens (tertiary/aromatic N) is 1. The van der Waals surface area contributed by atoms with E-state index in [4.69, 9.17) is 14.2 Å². The summed E-state index contributed by atoms with van der Waals surface area (Å²) in [5.41, 5.74) is 3.10. The van der Waals surface area contributed by atoms with Gasteiger partial charge in [0.25, 0.3) is 5.91 Å². The minimum absolute atomic E-state index is 0.00802. The summed E-state index contributed by atoms with van der Waals surface area (Å²) in [5.74, 6) is -0.898. The topological polar surface area (TPSA) is 94.2 Å². The summed E-state index contributed by atoms with van der Waals surface area (Å²) in [6, 6.07) is 8.75. The highest BCUT2D eigenvalue weighted by Crippen LogP contribution is 2.36. The fourth-order valence-electron chi connectivity index (χ4n) is 3.58. The number of rotatable bonds is 7. The molecule has 0 aliphatic carbocycles. The maximum absolute atomic E-state index is 12.6. The summed E-state index contributed by atoms with van der Waals surface area (Å²) in [7, 11) is 3.03. The van der Waals surface area contributed by atoms with Crippen LogP contribution in [-0.4, -0.2) is 45.2 Å². The molecule has 1 aliphatic heterocycles. The van der Waals surface area contributed by atoms with E-state index in [0.29, 0.717) is 22.9 Å². The normalized spacial score (nSPS) is 15.5. The van der Waals surface area contributed by atoms with Crippen LogP contribution in [0.1, 0.15) is 17.5 Å². The van der Waals surface area contributed by atoms with Crippen molar-refractivity contribution in [3.8, 4) is 11.5 Å². The lowest BCUT2D eigenvalue weighted by molar-refractivity contribution is -0.151. The largest absolute Gasteiger partial charge is 0.497 e. The van der Waals surface area contributed by atoms with Gasteiger partial charge in [-0.05, 0) is 49.2 Å². The van der Waals surface area contributed by atoms with Crippen LogP contribution in [0.5, 0.6) is 11.5 Å². The monoisotopic (exact) mass is 504 g/mol. The molecule has 1 aliphatic rings. The molecule has 2 aromatic rings. The second kappa shape index (κ2) is 10.0. The van der Waals surface area contributed by atoms with E-state index in [2.05, 4.69) is 21.2 Å². The summed E-state index contributed by atoms with van der Waals surface area (Å²) in [4.78, 5) is 38.8. The van der Waals surface area contributed by atoms with Crippen LogP contribution >= 0.6 is 15.9 Å². The Kier molecular flexibility index (Phi) is 7.40. The Balaban J connectivity index is 1.60. The number of hydrogen-bond acceptors (Lipinski definition) is 6. The van der Waals surface area contributed by atoms with E-state index in [9.17, 15) is 14.4 Å². The molecule has 0 spiro atoms. The van der Waals surface area contributed by atoms with E-state index in [1.54, 1.807) is 18.2 Å². The Morgan fingerprint density at radius 2 is 1.81 bits per heavy atom. The highest BCUT2D eigenvalue weighted by atomic mass is 79.9. The quantitative estimate of drug-likeness (QED) is 0.578. The lowest BCUT2D eigenvalue weighted by Crippen LogP contribution is -2.28. The zero-order chi connectivity index (χ0) is 23.4. The third-order valence-corrected chi connectivity index (χ3v) is 6.45. The van der Waals surface area contributed by atoms with Crippen molar-refractivity contribution < 1.29 is 28.6 Å². The van der Waals surface area contributed by atoms with E-state index >= 15 is 0 Å². The van der Waals surface area contributed by atoms with Gasteiger partial charge in [-0.2, -0.15) is 0 Å². The zero-order valence-electron chi connectivity index (χ0n) is 18.4. The van der Waals surface area contributed by atoms with Crippen molar-refractivity contribution in [2.75, 3.05) is 37.6 Å². The summed E-state index contributed by atoms with van der Waals surface area (Å²) < 4.78 is 16.7. The number of nitrogens with one attached hydrogen (secondary N) is 1. The molecule has 0 radical (unpaired) electrons. The minimum atomic E-state index is -0.677. The lowest BCUT2D eigenvalue weighted by atomic mass is 10.1. The fraction of sp³-hybridized carbons (Fsp3) is 0.348. The van der Waals surface area contributed by atoms with E-state index in [1.807, 2.05) is 26.0 Å². The highest BCUT2D eigenvalue weighted by Gasteiger charge is 2.37. The molecule has 8 nitrogen and oxygen atoms in total. The minimum Gasteiger partial charge on any atom is -0.497 e. The molecular formula is C23H25BrN2O6. The van der Waals surface area contributed by atoms with Gasteiger partial charge in [0.15, 0.2) is 6.61 Å². The van der Waals surface area contributed by atoms with Crippen LogP contribution in [0.15, 0.2) is 34.8 Å². The van der Waals surface area contributed by atoms with Gasteiger partial charge in [0, 0.05) is 29.2 Å². The molecule has 1 fully saturated rings. The van der Waals surface area contributed by atoms with Gasteiger partial charge in [-0.1, -0.05) is 15.9 Å². The van der Waals surface area contributed by atoms with Crippen molar-refractivity contribution >= 4 is 45.1 Å². The predicted molar refractivity (Wildman–Crippen MR) is 123 cm³/mol. The van der Waals surface area contributed by atoms with E-state index in [0.717, 1.165) is 15.6 Å². The van der Waals surface area contributed by atoms with Crippen molar-refractivity contribution in [3.05, 3.63) is 45.9 Å². The summed E-state index contributed by atoms with van der Waals surface area (Å²) in [6.45, 7) is 3.55. The molecule has 32 heavy (non-hydrogen) atoms. The number of benzene rings is 2. The van der Waals surface area contributed by atoms with Crippen molar-refractivity contribution in [1.29, 1.82) is 0 Å². The average molecular weight is 505 g/mol. The van der Waals surface area contributed by atoms with Crippen LogP contribution in [0.25, 0.3) is 0 Å². The van der Waals surface area contributed by atoms with Crippen LogP contribution in [0.2, 0.25) is 0 Å². The highest BCUT2D eigenvalue weighted by molar-refractivity contribution is 9.10. The number of hydrogen-bond donors (Lipinski definition) is 1. The Bertz CT molecular complexity index is 1030. The SMILES string of the molecule is COc1ccc(OC)c(N2C[C@H](C(=O)OCC(=O)Nc3cc(C)c(Br)c(C)c3)CC2=O)c1. The van der Waals surface area contributed by atoms with Crippen molar-refractivity contribution in [2.45, 2.75) is 20.3 Å². The third kappa shape index (κ3) is 5.21. The molecule has 2 amide bonds. The number of carbonyl (C=O) groups excluding carboxylic acids is 3. The second-order valence-corrected chi connectivity index (χ2v) is 8.32. The van der Waals surface area contributed by atoms with Gasteiger partial charge >= 0.3 is 5.97 Å².